The van der Waals surface area contributed by atoms with Crippen molar-refractivity contribution in [3.05, 3.63) is 59.2 Å². The Hall–Kier alpha value is -2.13. The van der Waals surface area contributed by atoms with E-state index in [-0.39, 0.29) is 17.5 Å². The molecule has 5 aliphatic rings. The maximum atomic E-state index is 13.6. The quantitative estimate of drug-likeness (QED) is 0.621. The lowest BCUT2D eigenvalue weighted by Gasteiger charge is -2.64. The highest BCUT2D eigenvalue weighted by atomic mass is 32.2. The fourth-order valence-electron chi connectivity index (χ4n) is 7.92. The van der Waals surface area contributed by atoms with Crippen LogP contribution in [0.1, 0.15) is 48.8 Å². The van der Waals surface area contributed by atoms with Crippen molar-refractivity contribution in [2.75, 3.05) is 20.1 Å². The summed E-state index contributed by atoms with van der Waals surface area (Å²) in [5, 5.41) is 23.4. The smallest absolute Gasteiger partial charge is 0.218 e. The Balaban J connectivity index is 1.30. The second kappa shape index (κ2) is 7.69. The van der Waals surface area contributed by atoms with Crippen LogP contribution in [0.4, 0.5) is 0 Å². The van der Waals surface area contributed by atoms with E-state index in [0.29, 0.717) is 25.0 Å². The molecule has 2 bridgehead atoms. The van der Waals surface area contributed by atoms with Gasteiger partial charge in [-0.3, -0.25) is 4.90 Å². The molecule has 3 aliphatic carbocycles. The number of hydrogen-bond donors (Lipinski definition) is 2. The monoisotopic (exact) mass is 510 g/mol. The van der Waals surface area contributed by atoms with Crippen molar-refractivity contribution in [1.29, 1.82) is 0 Å². The van der Waals surface area contributed by atoms with E-state index in [1.54, 1.807) is 13.1 Å². The van der Waals surface area contributed by atoms with Crippen LogP contribution in [-0.2, 0) is 27.6 Å². The summed E-state index contributed by atoms with van der Waals surface area (Å²) in [6.07, 6.45) is 4.45. The van der Waals surface area contributed by atoms with Gasteiger partial charge in [-0.15, -0.1) is 0 Å². The van der Waals surface area contributed by atoms with E-state index in [0.717, 1.165) is 42.1 Å². The minimum Gasteiger partial charge on any atom is -0.504 e. The summed E-state index contributed by atoms with van der Waals surface area (Å²) in [4.78, 5) is 2.49. The summed E-state index contributed by atoms with van der Waals surface area (Å²) in [5.41, 5.74) is 1.05. The number of sulfonamides is 1. The third kappa shape index (κ3) is 3.04. The summed E-state index contributed by atoms with van der Waals surface area (Å²) in [7, 11) is -1.98. The van der Waals surface area contributed by atoms with Crippen LogP contribution in [0.15, 0.2) is 42.5 Å². The maximum absolute atomic E-state index is 13.6. The first-order valence-corrected chi connectivity index (χ1v) is 14.8. The van der Waals surface area contributed by atoms with Crippen LogP contribution in [0.3, 0.4) is 0 Å². The predicted molar refractivity (Wildman–Crippen MR) is 135 cm³/mol. The first-order valence-electron chi connectivity index (χ1n) is 13.2. The molecule has 1 spiro atoms. The molecule has 0 unspecified atom stereocenters. The van der Waals surface area contributed by atoms with Crippen LogP contribution in [0, 0.1) is 5.92 Å². The molecule has 2 aromatic carbocycles. The molecule has 2 heterocycles. The Labute approximate surface area is 212 Å². The number of aliphatic hydroxyl groups is 1. The number of ether oxygens (including phenoxy) is 1. The summed E-state index contributed by atoms with van der Waals surface area (Å²) >= 11 is 0. The molecule has 0 radical (unpaired) electrons. The van der Waals surface area contributed by atoms with Gasteiger partial charge < -0.3 is 14.9 Å². The summed E-state index contributed by atoms with van der Waals surface area (Å²) < 4.78 is 35.2. The minimum absolute atomic E-state index is 0.0203. The number of nitrogens with zero attached hydrogens (tertiary/aromatic N) is 2. The van der Waals surface area contributed by atoms with Gasteiger partial charge in [0.1, 0.15) is 6.10 Å². The number of phenolic OH excluding ortho intramolecular Hbond substituents is 1. The van der Waals surface area contributed by atoms with Gasteiger partial charge in [0.2, 0.25) is 10.0 Å². The van der Waals surface area contributed by atoms with Gasteiger partial charge in [-0.25, -0.2) is 8.42 Å². The highest BCUT2D eigenvalue weighted by Crippen LogP contribution is 2.66. The largest absolute Gasteiger partial charge is 0.504 e. The van der Waals surface area contributed by atoms with Crippen LogP contribution in [0.2, 0.25) is 0 Å². The fraction of sp³-hybridized carbons (Fsp3) is 0.571. The summed E-state index contributed by atoms with van der Waals surface area (Å²) in [5.74, 6) is 1.17. The lowest BCUT2D eigenvalue weighted by atomic mass is 9.48. The molecular weight excluding hydrogens is 476 g/mol. The van der Waals surface area contributed by atoms with Gasteiger partial charge in [-0.2, -0.15) is 4.31 Å². The summed E-state index contributed by atoms with van der Waals surface area (Å²) in [6.45, 7) is 1.87. The van der Waals surface area contributed by atoms with Crippen molar-refractivity contribution in [3.8, 4) is 11.5 Å². The topological polar surface area (TPSA) is 90.3 Å². The third-order valence-corrected chi connectivity index (χ3v) is 11.7. The normalized spacial score (nSPS) is 34.9. The Kier molecular flexibility index (Phi) is 4.92. The molecule has 2 aromatic rings. The molecule has 0 amide bonds. The van der Waals surface area contributed by atoms with E-state index < -0.39 is 33.2 Å². The van der Waals surface area contributed by atoms with Crippen molar-refractivity contribution in [2.45, 2.75) is 73.5 Å². The molecular formula is C28H34N2O5S. The van der Waals surface area contributed by atoms with Gasteiger partial charge in [-0.1, -0.05) is 36.4 Å². The molecule has 2 N–H and O–H groups in total. The molecule has 2 saturated carbocycles. The average Bonchev–Trinajstić information content (AvgIpc) is 3.59. The molecule has 2 aliphatic heterocycles. The predicted octanol–water partition coefficient (Wildman–Crippen LogP) is 2.79. The molecule has 1 saturated heterocycles. The Morgan fingerprint density at radius 3 is 2.64 bits per heavy atom. The molecule has 192 valence electrons. The van der Waals surface area contributed by atoms with Crippen LogP contribution >= 0.6 is 0 Å². The number of piperidine rings is 1. The van der Waals surface area contributed by atoms with Gasteiger partial charge in [0, 0.05) is 25.2 Å². The zero-order valence-electron chi connectivity index (χ0n) is 20.6. The Morgan fingerprint density at radius 1 is 1.11 bits per heavy atom. The molecule has 0 aromatic heterocycles. The molecule has 7 nitrogen and oxygen atoms in total. The lowest BCUT2D eigenvalue weighted by molar-refractivity contribution is -0.195. The van der Waals surface area contributed by atoms with Crippen LogP contribution < -0.4 is 4.74 Å². The van der Waals surface area contributed by atoms with Gasteiger partial charge >= 0.3 is 0 Å². The zero-order valence-corrected chi connectivity index (χ0v) is 21.5. The van der Waals surface area contributed by atoms with Gasteiger partial charge in [0.15, 0.2) is 11.5 Å². The highest BCUT2D eigenvalue weighted by molar-refractivity contribution is 7.88. The van der Waals surface area contributed by atoms with Crippen molar-refractivity contribution in [3.63, 3.8) is 0 Å². The second-order valence-electron chi connectivity index (χ2n) is 11.7. The van der Waals surface area contributed by atoms with E-state index in [4.69, 9.17) is 4.74 Å². The number of likely N-dealkylation sites (N-methyl/N-ethyl adjacent to an activating group) is 1. The number of rotatable bonds is 6. The Bertz CT molecular complexity index is 1310. The number of phenols is 1. The van der Waals surface area contributed by atoms with Gasteiger partial charge in [0.05, 0.1) is 22.8 Å². The Morgan fingerprint density at radius 2 is 1.89 bits per heavy atom. The molecule has 5 atom stereocenters. The first kappa shape index (κ1) is 23.0. The van der Waals surface area contributed by atoms with E-state index in [2.05, 4.69) is 4.90 Å². The lowest BCUT2D eigenvalue weighted by Crippen LogP contribution is -2.78. The average molecular weight is 511 g/mol. The third-order valence-electron chi connectivity index (χ3n) is 9.83. The molecule has 36 heavy (non-hydrogen) atoms. The summed E-state index contributed by atoms with van der Waals surface area (Å²) in [6, 6.07) is 12.5. The van der Waals surface area contributed by atoms with Crippen molar-refractivity contribution in [2.24, 2.45) is 5.92 Å². The second-order valence-corrected chi connectivity index (χ2v) is 13.7. The van der Waals surface area contributed by atoms with E-state index in [1.807, 2.05) is 36.4 Å². The van der Waals surface area contributed by atoms with Crippen molar-refractivity contribution >= 4 is 10.0 Å². The number of benzene rings is 2. The van der Waals surface area contributed by atoms with Crippen molar-refractivity contribution < 1.29 is 23.4 Å². The van der Waals surface area contributed by atoms with E-state index in [1.165, 1.54) is 17.1 Å². The molecule has 7 rings (SSSR count). The maximum Gasteiger partial charge on any atom is 0.218 e. The van der Waals surface area contributed by atoms with Crippen LogP contribution in [0.5, 0.6) is 11.5 Å². The number of likely N-dealkylation sites (tertiary alicyclic amines) is 1. The molecule has 3 fully saturated rings. The standard InChI is InChI=1S/C28H34N2O5S/c1-29(36(33,34)17-19-5-3-2-4-6-19)21-11-12-28(32)23-15-20-9-10-22(31)25-24(20)27(28,26(21)35-25)13-14-30(23)16-18-7-8-18/h2-6,9-10,18,21,23,26,31-32H,7-8,11-17H2,1H3/t21-,23-,26+,27+,28-/m1/s1. The van der Waals surface area contributed by atoms with Crippen LogP contribution in [0.25, 0.3) is 0 Å². The van der Waals surface area contributed by atoms with Gasteiger partial charge in [-0.05, 0) is 68.2 Å². The van der Waals surface area contributed by atoms with Crippen molar-refractivity contribution in [1.82, 2.24) is 9.21 Å². The minimum atomic E-state index is -3.63. The number of aromatic hydroxyl groups is 1. The van der Waals surface area contributed by atoms with E-state index >= 15 is 0 Å². The fourth-order valence-corrected chi connectivity index (χ4v) is 9.37. The SMILES string of the molecule is CN([C@@H]1CC[C@@]2(O)[C@H]3Cc4ccc(O)c5c4[C@@]2(CCN3CC2CC2)[C@H]1O5)S(=O)(=O)Cc1ccccc1. The number of hydrogen-bond acceptors (Lipinski definition) is 6. The van der Waals surface area contributed by atoms with Gasteiger partial charge in [0.25, 0.3) is 0 Å². The highest BCUT2D eigenvalue weighted by Gasteiger charge is 2.73. The zero-order chi connectivity index (χ0) is 24.9. The van der Waals surface area contributed by atoms with Crippen LogP contribution in [-0.4, -0.2) is 71.8 Å². The molecule has 8 heteroatoms. The van der Waals surface area contributed by atoms with E-state index in [9.17, 15) is 18.6 Å². The first-order chi connectivity index (χ1) is 17.2.